The van der Waals surface area contributed by atoms with Crippen molar-refractivity contribution in [3.63, 3.8) is 0 Å². The van der Waals surface area contributed by atoms with E-state index in [4.69, 9.17) is 5.73 Å². The first-order valence-corrected chi connectivity index (χ1v) is 5.87. The number of methoxy groups -OCH3 is 1. The molecule has 0 aliphatic rings. The van der Waals surface area contributed by atoms with E-state index in [2.05, 4.69) is 14.7 Å². The molecule has 7 heteroatoms. The molecule has 0 radical (unpaired) electrons. The number of hydrogen-bond donors (Lipinski definition) is 1. The Hall–Kier alpha value is -1.89. The predicted molar refractivity (Wildman–Crippen MR) is 63.8 cm³/mol. The first-order valence-electron chi connectivity index (χ1n) is 4.99. The summed E-state index contributed by atoms with van der Waals surface area (Å²) in [6.07, 6.45) is 4.06. The van der Waals surface area contributed by atoms with E-state index in [0.717, 1.165) is 11.4 Å². The summed E-state index contributed by atoms with van der Waals surface area (Å²) in [5, 5.41) is 2.95. The number of nitrogen functional groups attached to an aromatic ring is 1. The number of ether oxygens (including phenoxy) is 1. The molecule has 2 heterocycles. The van der Waals surface area contributed by atoms with E-state index in [9.17, 15) is 4.79 Å². The van der Waals surface area contributed by atoms with Crippen LogP contribution < -0.4 is 5.73 Å². The standard InChI is InChI=1S/C10H12N4O2S/c1-16-10(15)8-9(11)14(6-13-8)4-2-7-12-3-5-17-7/h3,5-6H,2,4,11H2,1H3. The normalized spacial score (nSPS) is 10.4. The highest BCUT2D eigenvalue weighted by Crippen LogP contribution is 2.13. The van der Waals surface area contributed by atoms with Crippen molar-refractivity contribution in [3.05, 3.63) is 28.6 Å². The molecule has 2 N–H and O–H groups in total. The molecule has 0 atom stereocenters. The third-order valence-electron chi connectivity index (χ3n) is 2.31. The van der Waals surface area contributed by atoms with Gasteiger partial charge in [-0.25, -0.2) is 14.8 Å². The zero-order chi connectivity index (χ0) is 12.3. The van der Waals surface area contributed by atoms with Crippen molar-refractivity contribution in [2.24, 2.45) is 0 Å². The van der Waals surface area contributed by atoms with Gasteiger partial charge in [0.05, 0.1) is 18.4 Å². The van der Waals surface area contributed by atoms with Crippen molar-refractivity contribution >= 4 is 23.1 Å². The van der Waals surface area contributed by atoms with Crippen LogP contribution in [-0.2, 0) is 17.7 Å². The molecular formula is C10H12N4O2S. The minimum absolute atomic E-state index is 0.159. The first kappa shape index (κ1) is 11.6. The molecule has 2 rings (SSSR count). The molecule has 17 heavy (non-hydrogen) atoms. The van der Waals surface area contributed by atoms with Gasteiger partial charge in [0, 0.05) is 24.5 Å². The molecule has 0 aliphatic heterocycles. The van der Waals surface area contributed by atoms with Crippen molar-refractivity contribution in [1.29, 1.82) is 0 Å². The van der Waals surface area contributed by atoms with E-state index in [1.54, 1.807) is 22.1 Å². The summed E-state index contributed by atoms with van der Waals surface area (Å²) in [7, 11) is 1.30. The van der Waals surface area contributed by atoms with Crippen LogP contribution in [0.25, 0.3) is 0 Å². The maximum Gasteiger partial charge on any atom is 0.360 e. The highest BCUT2D eigenvalue weighted by molar-refractivity contribution is 7.09. The molecule has 2 aromatic rings. The molecule has 0 saturated heterocycles. The summed E-state index contributed by atoms with van der Waals surface area (Å²) < 4.78 is 6.29. The number of aromatic nitrogens is 3. The molecule has 6 nitrogen and oxygen atoms in total. The molecular weight excluding hydrogens is 240 g/mol. The number of anilines is 1. The number of nitrogens with two attached hydrogens (primary N) is 1. The first-order chi connectivity index (χ1) is 8.22. The zero-order valence-corrected chi connectivity index (χ0v) is 10.1. The quantitative estimate of drug-likeness (QED) is 0.819. The molecule has 0 spiro atoms. The number of esters is 1. The maximum atomic E-state index is 11.3. The number of aryl methyl sites for hydroxylation is 2. The number of carbonyl (C=O) groups is 1. The second-order valence-corrected chi connectivity index (χ2v) is 4.32. The van der Waals surface area contributed by atoms with E-state index >= 15 is 0 Å². The molecule has 0 unspecified atom stereocenters. The van der Waals surface area contributed by atoms with Gasteiger partial charge in [0.1, 0.15) is 5.82 Å². The van der Waals surface area contributed by atoms with E-state index in [1.807, 2.05) is 5.38 Å². The highest BCUT2D eigenvalue weighted by atomic mass is 32.1. The predicted octanol–water partition coefficient (Wildman–Crippen LogP) is 0.951. The van der Waals surface area contributed by atoms with Crippen molar-refractivity contribution < 1.29 is 9.53 Å². The summed E-state index contributed by atoms with van der Waals surface area (Å²) in [4.78, 5) is 19.4. The molecule has 0 bridgehead atoms. The van der Waals surface area contributed by atoms with E-state index in [-0.39, 0.29) is 5.69 Å². The highest BCUT2D eigenvalue weighted by Gasteiger charge is 2.15. The van der Waals surface area contributed by atoms with Crippen LogP contribution in [0.2, 0.25) is 0 Å². The second kappa shape index (κ2) is 4.96. The van der Waals surface area contributed by atoms with Gasteiger partial charge in [-0.05, 0) is 0 Å². The smallest absolute Gasteiger partial charge is 0.360 e. The molecule has 0 fully saturated rings. The fourth-order valence-electron chi connectivity index (χ4n) is 1.42. The Morgan fingerprint density at radius 2 is 2.41 bits per heavy atom. The monoisotopic (exact) mass is 252 g/mol. The van der Waals surface area contributed by atoms with E-state index in [1.165, 1.54) is 13.4 Å². The summed E-state index contributed by atoms with van der Waals surface area (Å²) in [5.41, 5.74) is 5.96. The maximum absolute atomic E-state index is 11.3. The van der Waals surface area contributed by atoms with Crippen LogP contribution in [0.4, 0.5) is 5.82 Å². The van der Waals surface area contributed by atoms with Crippen LogP contribution in [0.1, 0.15) is 15.5 Å². The average molecular weight is 252 g/mol. The van der Waals surface area contributed by atoms with Gasteiger partial charge in [-0.2, -0.15) is 0 Å². The molecule has 0 amide bonds. The molecule has 0 aromatic carbocycles. The van der Waals surface area contributed by atoms with E-state index in [0.29, 0.717) is 12.4 Å². The third kappa shape index (κ3) is 2.44. The molecule has 2 aromatic heterocycles. The Morgan fingerprint density at radius 1 is 1.59 bits per heavy atom. The fraction of sp³-hybridized carbons (Fsp3) is 0.300. The van der Waals surface area contributed by atoms with Gasteiger partial charge < -0.3 is 15.0 Å². The van der Waals surface area contributed by atoms with Crippen LogP contribution in [0.3, 0.4) is 0 Å². The molecule has 0 saturated carbocycles. The minimum atomic E-state index is -0.518. The number of carbonyl (C=O) groups excluding carboxylic acids is 1. The van der Waals surface area contributed by atoms with Gasteiger partial charge in [-0.15, -0.1) is 11.3 Å². The Labute approximate surface area is 102 Å². The largest absolute Gasteiger partial charge is 0.464 e. The van der Waals surface area contributed by atoms with Gasteiger partial charge >= 0.3 is 5.97 Å². The Bertz CT molecular complexity index is 506. The Balaban J connectivity index is 2.07. The SMILES string of the molecule is COC(=O)c1ncn(CCc2nccs2)c1N. The zero-order valence-electron chi connectivity index (χ0n) is 9.29. The topological polar surface area (TPSA) is 83.0 Å². The minimum Gasteiger partial charge on any atom is -0.464 e. The van der Waals surface area contributed by atoms with Gasteiger partial charge in [0.25, 0.3) is 0 Å². The van der Waals surface area contributed by atoms with Crippen molar-refractivity contribution in [2.75, 3.05) is 12.8 Å². The van der Waals surface area contributed by atoms with Gasteiger partial charge in [-0.3, -0.25) is 0 Å². The lowest BCUT2D eigenvalue weighted by atomic mass is 10.4. The number of imidazole rings is 1. The van der Waals surface area contributed by atoms with Gasteiger partial charge in [-0.1, -0.05) is 0 Å². The average Bonchev–Trinajstić information content (AvgIpc) is 2.95. The van der Waals surface area contributed by atoms with Gasteiger partial charge in [0.2, 0.25) is 0 Å². The number of nitrogens with zero attached hydrogens (tertiary/aromatic N) is 3. The molecule has 0 aliphatic carbocycles. The fourth-order valence-corrected chi connectivity index (χ4v) is 2.03. The van der Waals surface area contributed by atoms with Crippen LogP contribution in [-0.4, -0.2) is 27.6 Å². The molecule has 90 valence electrons. The van der Waals surface area contributed by atoms with Crippen LogP contribution in [0.5, 0.6) is 0 Å². The lowest BCUT2D eigenvalue weighted by Crippen LogP contribution is -2.09. The Morgan fingerprint density at radius 3 is 3.06 bits per heavy atom. The van der Waals surface area contributed by atoms with Crippen molar-refractivity contribution in [3.8, 4) is 0 Å². The third-order valence-corrected chi connectivity index (χ3v) is 3.15. The summed E-state index contributed by atoms with van der Waals surface area (Å²) >= 11 is 1.59. The van der Waals surface area contributed by atoms with Gasteiger partial charge in [0.15, 0.2) is 5.69 Å². The summed E-state index contributed by atoms with van der Waals surface area (Å²) in [6, 6.07) is 0. The number of thiazole rings is 1. The summed E-state index contributed by atoms with van der Waals surface area (Å²) in [6.45, 7) is 0.642. The Kier molecular flexibility index (Phi) is 3.38. The van der Waals surface area contributed by atoms with Crippen molar-refractivity contribution in [2.45, 2.75) is 13.0 Å². The van der Waals surface area contributed by atoms with Crippen molar-refractivity contribution in [1.82, 2.24) is 14.5 Å². The van der Waals surface area contributed by atoms with Crippen LogP contribution >= 0.6 is 11.3 Å². The summed E-state index contributed by atoms with van der Waals surface area (Å²) in [5.74, 6) is -0.191. The number of hydrogen-bond acceptors (Lipinski definition) is 6. The second-order valence-electron chi connectivity index (χ2n) is 3.34. The number of rotatable bonds is 4. The van der Waals surface area contributed by atoms with Crippen LogP contribution in [0, 0.1) is 0 Å². The lowest BCUT2D eigenvalue weighted by Gasteiger charge is -2.03. The van der Waals surface area contributed by atoms with Crippen LogP contribution in [0.15, 0.2) is 17.9 Å². The van der Waals surface area contributed by atoms with E-state index < -0.39 is 5.97 Å². The lowest BCUT2D eigenvalue weighted by molar-refractivity contribution is 0.0596.